The summed E-state index contributed by atoms with van der Waals surface area (Å²) in [6.07, 6.45) is 4.56. The number of benzene rings is 1. The molecule has 1 aliphatic rings. The Hall–Kier alpha value is -1.75. The van der Waals surface area contributed by atoms with Crippen LogP contribution in [0.25, 0.3) is 0 Å². The van der Waals surface area contributed by atoms with Crippen molar-refractivity contribution in [2.75, 3.05) is 12.4 Å². The Labute approximate surface area is 135 Å². The van der Waals surface area contributed by atoms with Crippen molar-refractivity contribution >= 4 is 29.2 Å². The highest BCUT2D eigenvalue weighted by Gasteiger charge is 2.22. The summed E-state index contributed by atoms with van der Waals surface area (Å²) < 4.78 is 0. The minimum Gasteiger partial charge on any atom is -0.355 e. The maximum absolute atomic E-state index is 12.1. The summed E-state index contributed by atoms with van der Waals surface area (Å²) in [6.45, 7) is 2.17. The second kappa shape index (κ2) is 7.49. The van der Waals surface area contributed by atoms with Crippen LogP contribution in [0.1, 0.15) is 43.0 Å². The van der Waals surface area contributed by atoms with E-state index in [-0.39, 0.29) is 18.0 Å². The second-order valence-corrected chi connectivity index (χ2v) is 6.15. The van der Waals surface area contributed by atoms with Crippen molar-refractivity contribution in [3.05, 3.63) is 28.8 Å². The standard InChI is InChI=1S/C16H22ClN3O2/c1-10-5-3-4-6-14(10)20-16(22)19-11-7-8-12(13(17)9-11)15(21)18-2/h7-10,14H,3-6H2,1-2H3,(H,18,21)(H2,19,20,22). The Morgan fingerprint density at radius 2 is 1.95 bits per heavy atom. The summed E-state index contributed by atoms with van der Waals surface area (Å²) >= 11 is 6.07. The Bertz CT molecular complexity index is 562. The van der Waals surface area contributed by atoms with E-state index in [0.29, 0.717) is 22.2 Å². The van der Waals surface area contributed by atoms with Gasteiger partial charge in [0.2, 0.25) is 0 Å². The number of halogens is 1. The molecule has 120 valence electrons. The highest BCUT2D eigenvalue weighted by atomic mass is 35.5. The van der Waals surface area contributed by atoms with Crippen LogP contribution in [0, 0.1) is 5.92 Å². The van der Waals surface area contributed by atoms with Gasteiger partial charge in [-0.1, -0.05) is 31.4 Å². The topological polar surface area (TPSA) is 70.2 Å². The fourth-order valence-electron chi connectivity index (χ4n) is 2.78. The molecular weight excluding hydrogens is 302 g/mol. The molecule has 1 aliphatic carbocycles. The second-order valence-electron chi connectivity index (χ2n) is 5.74. The van der Waals surface area contributed by atoms with Crippen LogP contribution in [0.3, 0.4) is 0 Å². The molecule has 0 saturated heterocycles. The van der Waals surface area contributed by atoms with Gasteiger partial charge >= 0.3 is 6.03 Å². The van der Waals surface area contributed by atoms with Gasteiger partial charge in [-0.25, -0.2) is 4.79 Å². The third-order valence-electron chi connectivity index (χ3n) is 4.13. The predicted octanol–water partition coefficient (Wildman–Crippen LogP) is 3.40. The first-order chi connectivity index (χ1) is 10.5. The average molecular weight is 324 g/mol. The van der Waals surface area contributed by atoms with E-state index in [1.807, 2.05) is 0 Å². The van der Waals surface area contributed by atoms with Gasteiger partial charge in [0, 0.05) is 18.8 Å². The lowest BCUT2D eigenvalue weighted by molar-refractivity contribution is 0.0963. The normalized spacial score (nSPS) is 21.0. The smallest absolute Gasteiger partial charge is 0.319 e. The molecule has 3 N–H and O–H groups in total. The molecule has 6 heteroatoms. The monoisotopic (exact) mass is 323 g/mol. The SMILES string of the molecule is CNC(=O)c1ccc(NC(=O)NC2CCCCC2C)cc1Cl. The number of carbonyl (C=O) groups is 2. The molecule has 0 heterocycles. The minimum absolute atomic E-state index is 0.217. The van der Waals surface area contributed by atoms with E-state index in [1.165, 1.54) is 6.42 Å². The molecule has 0 spiro atoms. The van der Waals surface area contributed by atoms with Crippen molar-refractivity contribution in [3.8, 4) is 0 Å². The molecule has 2 unspecified atom stereocenters. The van der Waals surface area contributed by atoms with Crippen molar-refractivity contribution in [1.29, 1.82) is 0 Å². The maximum atomic E-state index is 12.1. The quantitative estimate of drug-likeness (QED) is 0.798. The molecule has 0 bridgehead atoms. The van der Waals surface area contributed by atoms with Crippen LogP contribution >= 0.6 is 11.6 Å². The lowest BCUT2D eigenvalue weighted by Gasteiger charge is -2.29. The van der Waals surface area contributed by atoms with Crippen LogP contribution in [0.5, 0.6) is 0 Å². The molecule has 0 aromatic heterocycles. The number of nitrogens with one attached hydrogen (secondary N) is 3. The first kappa shape index (κ1) is 16.6. The van der Waals surface area contributed by atoms with E-state index in [1.54, 1.807) is 25.2 Å². The summed E-state index contributed by atoms with van der Waals surface area (Å²) in [5.41, 5.74) is 0.953. The molecular formula is C16H22ClN3O2. The lowest BCUT2D eigenvalue weighted by atomic mass is 9.86. The molecule has 0 aliphatic heterocycles. The van der Waals surface area contributed by atoms with Crippen LogP contribution in [-0.2, 0) is 0 Å². The fraction of sp³-hybridized carbons (Fsp3) is 0.500. The average Bonchev–Trinajstić information content (AvgIpc) is 2.49. The van der Waals surface area contributed by atoms with Crippen LogP contribution in [0.4, 0.5) is 10.5 Å². The molecule has 5 nitrogen and oxygen atoms in total. The molecule has 0 radical (unpaired) electrons. The lowest BCUT2D eigenvalue weighted by Crippen LogP contribution is -2.43. The summed E-state index contributed by atoms with van der Waals surface area (Å²) in [5, 5.41) is 8.61. The molecule has 1 aromatic carbocycles. The van der Waals surface area contributed by atoms with E-state index in [0.717, 1.165) is 19.3 Å². The zero-order valence-corrected chi connectivity index (χ0v) is 13.7. The van der Waals surface area contributed by atoms with Crippen molar-refractivity contribution in [2.45, 2.75) is 38.6 Å². The van der Waals surface area contributed by atoms with Gasteiger partial charge in [-0.15, -0.1) is 0 Å². The molecule has 22 heavy (non-hydrogen) atoms. The Kier molecular flexibility index (Phi) is 5.66. The molecule has 1 aromatic rings. The van der Waals surface area contributed by atoms with E-state index >= 15 is 0 Å². The van der Waals surface area contributed by atoms with Gasteiger partial charge in [0.25, 0.3) is 5.91 Å². The summed E-state index contributed by atoms with van der Waals surface area (Å²) in [5.74, 6) is 0.246. The third-order valence-corrected chi connectivity index (χ3v) is 4.44. The predicted molar refractivity (Wildman–Crippen MR) is 88.4 cm³/mol. The molecule has 2 rings (SSSR count). The van der Waals surface area contributed by atoms with Crippen LogP contribution < -0.4 is 16.0 Å². The van der Waals surface area contributed by atoms with E-state index in [4.69, 9.17) is 11.6 Å². The van der Waals surface area contributed by atoms with E-state index < -0.39 is 0 Å². The van der Waals surface area contributed by atoms with Gasteiger partial charge in [-0.05, 0) is 37.0 Å². The first-order valence-electron chi connectivity index (χ1n) is 7.60. The van der Waals surface area contributed by atoms with E-state index in [9.17, 15) is 9.59 Å². The summed E-state index contributed by atoms with van der Waals surface area (Å²) in [4.78, 5) is 23.6. The fourth-order valence-corrected chi connectivity index (χ4v) is 3.04. The number of urea groups is 1. The van der Waals surface area contributed by atoms with Gasteiger partial charge in [0.1, 0.15) is 0 Å². The molecule has 1 saturated carbocycles. The summed E-state index contributed by atoms with van der Waals surface area (Å²) in [6, 6.07) is 4.83. The van der Waals surface area contributed by atoms with Crippen LogP contribution in [-0.4, -0.2) is 25.0 Å². The van der Waals surface area contributed by atoms with Crippen molar-refractivity contribution in [3.63, 3.8) is 0 Å². The number of amides is 3. The largest absolute Gasteiger partial charge is 0.355 e. The van der Waals surface area contributed by atoms with Crippen molar-refractivity contribution in [1.82, 2.24) is 10.6 Å². The summed E-state index contributed by atoms with van der Waals surface area (Å²) in [7, 11) is 1.55. The molecule has 3 amide bonds. The number of hydrogen-bond acceptors (Lipinski definition) is 2. The van der Waals surface area contributed by atoms with Crippen LogP contribution in [0.2, 0.25) is 5.02 Å². The molecule has 2 atom stereocenters. The van der Waals surface area contributed by atoms with Gasteiger partial charge in [-0.3, -0.25) is 4.79 Å². The third kappa shape index (κ3) is 4.13. The van der Waals surface area contributed by atoms with Gasteiger partial charge in [0.15, 0.2) is 0 Å². The Balaban J connectivity index is 1.96. The van der Waals surface area contributed by atoms with Crippen LogP contribution in [0.15, 0.2) is 18.2 Å². The number of hydrogen-bond donors (Lipinski definition) is 3. The minimum atomic E-state index is -0.253. The molecule has 1 fully saturated rings. The number of carbonyl (C=O) groups excluding carboxylic acids is 2. The van der Waals surface area contributed by atoms with Crippen molar-refractivity contribution in [2.24, 2.45) is 5.92 Å². The zero-order chi connectivity index (χ0) is 16.1. The number of anilines is 1. The Morgan fingerprint density at radius 3 is 2.59 bits per heavy atom. The highest BCUT2D eigenvalue weighted by molar-refractivity contribution is 6.34. The van der Waals surface area contributed by atoms with Gasteiger partial charge < -0.3 is 16.0 Å². The first-order valence-corrected chi connectivity index (χ1v) is 7.98. The van der Waals surface area contributed by atoms with Crippen molar-refractivity contribution < 1.29 is 9.59 Å². The Morgan fingerprint density at radius 1 is 1.23 bits per heavy atom. The highest BCUT2D eigenvalue weighted by Crippen LogP contribution is 2.24. The van der Waals surface area contributed by atoms with Gasteiger partial charge in [-0.2, -0.15) is 0 Å². The zero-order valence-electron chi connectivity index (χ0n) is 12.9. The van der Waals surface area contributed by atoms with E-state index in [2.05, 4.69) is 22.9 Å². The maximum Gasteiger partial charge on any atom is 0.319 e. The number of rotatable bonds is 3. The van der Waals surface area contributed by atoms with Gasteiger partial charge in [0.05, 0.1) is 10.6 Å².